The Morgan fingerprint density at radius 1 is 1.62 bits per heavy atom. The highest BCUT2D eigenvalue weighted by molar-refractivity contribution is 7.42. The molecular formula is C2H6NO4P. The number of aliphatic carboxylic acids is 1. The smallest absolute Gasteiger partial charge is 0.317 e. The second kappa shape index (κ2) is 3.74. The maximum atomic E-state index is 9.63. The molecule has 0 spiro atoms. The topological polar surface area (TPSA) is 89.8 Å². The van der Waals surface area contributed by atoms with Gasteiger partial charge in [0.25, 0.3) is 8.53 Å². The first-order valence-corrected chi connectivity index (χ1v) is 3.01. The minimum atomic E-state index is -2.26. The van der Waals surface area contributed by atoms with Gasteiger partial charge in [-0.05, 0) is 0 Å². The van der Waals surface area contributed by atoms with E-state index in [0.717, 1.165) is 0 Å². The maximum absolute atomic E-state index is 9.63. The molecule has 6 heteroatoms. The number of carboxylic acid groups (broad SMARTS) is 1. The van der Waals surface area contributed by atoms with E-state index in [9.17, 15) is 4.79 Å². The Morgan fingerprint density at radius 3 is 2.25 bits per heavy atom. The quantitative estimate of drug-likeness (QED) is 0.371. The lowest BCUT2D eigenvalue weighted by Gasteiger charge is -1.98. The van der Waals surface area contributed by atoms with Gasteiger partial charge >= 0.3 is 5.97 Å². The van der Waals surface area contributed by atoms with Gasteiger partial charge in [0.05, 0.1) is 0 Å². The second-order valence-electron chi connectivity index (χ2n) is 1.02. The molecule has 0 unspecified atom stereocenters. The Labute approximate surface area is 46.9 Å². The van der Waals surface area contributed by atoms with Crippen molar-refractivity contribution in [2.45, 2.75) is 0 Å². The van der Waals surface area contributed by atoms with Crippen molar-refractivity contribution in [3.63, 3.8) is 0 Å². The van der Waals surface area contributed by atoms with Crippen LogP contribution in [-0.4, -0.2) is 27.4 Å². The summed E-state index contributed by atoms with van der Waals surface area (Å²) in [6, 6.07) is 0. The van der Waals surface area contributed by atoms with Gasteiger partial charge < -0.3 is 14.9 Å². The summed E-state index contributed by atoms with van der Waals surface area (Å²) >= 11 is 0. The molecule has 0 saturated carbocycles. The Bertz CT molecular complexity index is 84.1. The van der Waals surface area contributed by atoms with Gasteiger partial charge in [0.15, 0.2) is 0 Å². The van der Waals surface area contributed by atoms with Crippen molar-refractivity contribution in [3.8, 4) is 0 Å². The van der Waals surface area contributed by atoms with Gasteiger partial charge in [-0.1, -0.05) is 0 Å². The normalized spacial score (nSPS) is 9.88. The van der Waals surface area contributed by atoms with Crippen LogP contribution in [0.2, 0.25) is 0 Å². The predicted molar refractivity (Wildman–Crippen MR) is 27.0 cm³/mol. The number of hydrogen-bond donors (Lipinski definition) is 4. The highest BCUT2D eigenvalue weighted by Gasteiger charge is 1.99. The standard InChI is InChI=1S/C2H6NO4P/c4-2(5)1-3-8(6)7/h3,6-7H,1H2,(H,4,5). The summed E-state index contributed by atoms with van der Waals surface area (Å²) in [5, 5.41) is 9.81. The van der Waals surface area contributed by atoms with E-state index in [0.29, 0.717) is 0 Å². The molecule has 0 aliphatic heterocycles. The average molecular weight is 139 g/mol. The molecule has 0 atom stereocenters. The molecule has 0 aromatic rings. The molecule has 4 N–H and O–H groups in total. The van der Waals surface area contributed by atoms with E-state index < -0.39 is 21.0 Å². The molecule has 0 saturated heterocycles. The highest BCUT2D eigenvalue weighted by atomic mass is 31.2. The molecular weight excluding hydrogens is 133 g/mol. The van der Waals surface area contributed by atoms with Crippen LogP contribution >= 0.6 is 8.53 Å². The SMILES string of the molecule is O=C(O)CNP(O)O. The predicted octanol–water partition coefficient (Wildman–Crippen LogP) is -1.13. The fraction of sp³-hybridized carbons (Fsp3) is 0.500. The molecule has 8 heavy (non-hydrogen) atoms. The molecule has 0 bridgehead atoms. The van der Waals surface area contributed by atoms with Gasteiger partial charge in [0.2, 0.25) is 0 Å². The Balaban J connectivity index is 3.05. The Hall–Kier alpha value is -0.220. The third-order valence-corrected chi connectivity index (χ3v) is 0.813. The zero-order valence-electron chi connectivity index (χ0n) is 3.90. The van der Waals surface area contributed by atoms with Crippen LogP contribution in [0.3, 0.4) is 0 Å². The zero-order chi connectivity index (χ0) is 6.57. The van der Waals surface area contributed by atoms with E-state index in [1.165, 1.54) is 0 Å². The molecule has 0 aliphatic rings. The highest BCUT2D eigenvalue weighted by Crippen LogP contribution is 2.13. The van der Waals surface area contributed by atoms with Crippen molar-refractivity contribution in [3.05, 3.63) is 0 Å². The Morgan fingerprint density at radius 2 is 2.12 bits per heavy atom. The largest absolute Gasteiger partial charge is 0.480 e. The van der Waals surface area contributed by atoms with E-state index in [1.807, 2.05) is 5.09 Å². The first kappa shape index (κ1) is 7.78. The summed E-state index contributed by atoms with van der Waals surface area (Å²) < 4.78 is 0. The summed E-state index contributed by atoms with van der Waals surface area (Å²) in [5.41, 5.74) is 0. The molecule has 0 rings (SSSR count). The molecule has 0 aliphatic carbocycles. The van der Waals surface area contributed by atoms with E-state index in [4.69, 9.17) is 14.9 Å². The third-order valence-electron chi connectivity index (χ3n) is 0.372. The van der Waals surface area contributed by atoms with Crippen LogP contribution in [0.1, 0.15) is 0 Å². The maximum Gasteiger partial charge on any atom is 0.317 e. The van der Waals surface area contributed by atoms with E-state index in [-0.39, 0.29) is 0 Å². The summed E-state index contributed by atoms with van der Waals surface area (Å²) in [7, 11) is -2.26. The molecule has 0 amide bonds. The van der Waals surface area contributed by atoms with Gasteiger partial charge in [-0.25, -0.2) is 5.09 Å². The number of carboxylic acids is 1. The average Bonchev–Trinajstić information content (AvgIpc) is 1.61. The van der Waals surface area contributed by atoms with Crippen molar-refractivity contribution < 1.29 is 19.7 Å². The fourth-order valence-electron chi connectivity index (χ4n) is 0.138. The lowest BCUT2D eigenvalue weighted by Crippen LogP contribution is -2.16. The van der Waals surface area contributed by atoms with Crippen LogP contribution in [0, 0.1) is 0 Å². The summed E-state index contributed by atoms with van der Waals surface area (Å²) in [4.78, 5) is 25.7. The number of nitrogens with one attached hydrogen (secondary N) is 1. The van der Waals surface area contributed by atoms with Crippen LogP contribution in [0.5, 0.6) is 0 Å². The molecule has 0 fully saturated rings. The zero-order valence-corrected chi connectivity index (χ0v) is 4.80. The van der Waals surface area contributed by atoms with Crippen LogP contribution < -0.4 is 5.09 Å². The molecule has 5 nitrogen and oxygen atoms in total. The molecule has 0 heterocycles. The van der Waals surface area contributed by atoms with Gasteiger partial charge in [-0.3, -0.25) is 4.79 Å². The minimum Gasteiger partial charge on any atom is -0.480 e. The van der Waals surface area contributed by atoms with Gasteiger partial charge in [-0.2, -0.15) is 0 Å². The molecule has 48 valence electrons. The van der Waals surface area contributed by atoms with E-state index >= 15 is 0 Å². The summed E-state index contributed by atoms with van der Waals surface area (Å²) in [6.45, 7) is -0.418. The third kappa shape index (κ3) is 5.78. The van der Waals surface area contributed by atoms with Crippen molar-refractivity contribution in [1.29, 1.82) is 0 Å². The van der Waals surface area contributed by atoms with Crippen LogP contribution in [0.4, 0.5) is 0 Å². The van der Waals surface area contributed by atoms with Crippen molar-refractivity contribution >= 4 is 14.5 Å². The van der Waals surface area contributed by atoms with E-state index in [2.05, 4.69) is 0 Å². The Kier molecular flexibility index (Phi) is 3.64. The first-order valence-electron chi connectivity index (χ1n) is 1.76. The van der Waals surface area contributed by atoms with Crippen molar-refractivity contribution in [1.82, 2.24) is 5.09 Å². The van der Waals surface area contributed by atoms with E-state index in [1.54, 1.807) is 0 Å². The van der Waals surface area contributed by atoms with Crippen molar-refractivity contribution in [2.24, 2.45) is 0 Å². The molecule has 0 aromatic heterocycles. The fourth-order valence-corrected chi connectivity index (χ4v) is 0.415. The van der Waals surface area contributed by atoms with Crippen molar-refractivity contribution in [2.75, 3.05) is 6.54 Å². The number of hydrogen-bond acceptors (Lipinski definition) is 4. The van der Waals surface area contributed by atoms with Crippen LogP contribution in [0.25, 0.3) is 0 Å². The van der Waals surface area contributed by atoms with Gasteiger partial charge in [-0.15, -0.1) is 0 Å². The van der Waals surface area contributed by atoms with Crippen LogP contribution in [-0.2, 0) is 4.79 Å². The lowest BCUT2D eigenvalue weighted by molar-refractivity contribution is -0.135. The number of carbonyl (C=O) groups is 1. The van der Waals surface area contributed by atoms with Crippen LogP contribution in [0.15, 0.2) is 0 Å². The van der Waals surface area contributed by atoms with Gasteiger partial charge in [0, 0.05) is 0 Å². The molecule has 0 radical (unpaired) electrons. The number of rotatable bonds is 3. The molecule has 0 aromatic carbocycles. The minimum absolute atomic E-state index is 0.418. The monoisotopic (exact) mass is 139 g/mol. The lowest BCUT2D eigenvalue weighted by atomic mass is 10.7. The second-order valence-corrected chi connectivity index (χ2v) is 1.91. The first-order chi connectivity index (χ1) is 3.63. The summed E-state index contributed by atoms with van der Waals surface area (Å²) in [5.74, 6) is -1.11. The summed E-state index contributed by atoms with van der Waals surface area (Å²) in [6.07, 6.45) is 0. The van der Waals surface area contributed by atoms with Gasteiger partial charge in [0.1, 0.15) is 6.54 Å².